The topological polar surface area (TPSA) is 94.2 Å². The second-order valence-corrected chi connectivity index (χ2v) is 8.52. The number of hydrogen-bond donors (Lipinski definition) is 1. The highest BCUT2D eigenvalue weighted by Crippen LogP contribution is 2.39. The molecule has 2 aliphatic rings. The first-order chi connectivity index (χ1) is 15.0. The molecule has 31 heavy (non-hydrogen) atoms. The summed E-state index contributed by atoms with van der Waals surface area (Å²) in [7, 11) is 0. The van der Waals surface area contributed by atoms with Crippen molar-refractivity contribution in [3.8, 4) is 0 Å². The van der Waals surface area contributed by atoms with Gasteiger partial charge in [-0.1, -0.05) is 13.0 Å². The number of anilines is 1. The van der Waals surface area contributed by atoms with Gasteiger partial charge in [-0.15, -0.1) is 0 Å². The molecule has 160 valence electrons. The molecule has 0 unspecified atom stereocenters. The molecule has 0 bridgehead atoms. The molecule has 1 aliphatic heterocycles. The maximum Gasteiger partial charge on any atom is 0.272 e. The molecule has 2 N–H and O–H groups in total. The minimum absolute atomic E-state index is 0.0902. The van der Waals surface area contributed by atoms with Crippen LogP contribution in [0.25, 0.3) is 10.9 Å². The van der Waals surface area contributed by atoms with Crippen molar-refractivity contribution in [3.63, 3.8) is 0 Å². The normalized spacial score (nSPS) is 17.7. The van der Waals surface area contributed by atoms with Gasteiger partial charge in [-0.2, -0.15) is 0 Å². The van der Waals surface area contributed by atoms with Crippen molar-refractivity contribution in [2.45, 2.75) is 58.3 Å². The van der Waals surface area contributed by atoms with Crippen molar-refractivity contribution >= 4 is 22.6 Å². The lowest BCUT2D eigenvalue weighted by molar-refractivity contribution is 0.0737. The highest BCUT2D eigenvalue weighted by atomic mass is 16.5. The fourth-order valence-corrected chi connectivity index (χ4v) is 4.34. The molecule has 1 saturated carbocycles. The van der Waals surface area contributed by atoms with E-state index in [1.54, 1.807) is 6.20 Å². The van der Waals surface area contributed by atoms with Gasteiger partial charge >= 0.3 is 0 Å². The zero-order chi connectivity index (χ0) is 21.5. The average Bonchev–Trinajstić information content (AvgIpc) is 3.55. The lowest BCUT2D eigenvalue weighted by atomic mass is 10.0. The number of rotatable bonds is 6. The van der Waals surface area contributed by atoms with Crippen molar-refractivity contribution in [3.05, 3.63) is 58.7 Å². The van der Waals surface area contributed by atoms with Crippen LogP contribution >= 0.6 is 0 Å². The summed E-state index contributed by atoms with van der Waals surface area (Å²) in [6.45, 7) is 5.67. The summed E-state index contributed by atoms with van der Waals surface area (Å²) in [5, 5.41) is 0.888. The van der Waals surface area contributed by atoms with E-state index >= 15 is 0 Å². The maximum atomic E-state index is 13.4. The van der Waals surface area contributed by atoms with E-state index in [4.69, 9.17) is 10.5 Å². The molecule has 0 aromatic carbocycles. The number of aromatic nitrogens is 3. The molecule has 1 fully saturated rings. The highest BCUT2D eigenvalue weighted by Gasteiger charge is 2.27. The van der Waals surface area contributed by atoms with Gasteiger partial charge < -0.3 is 15.4 Å². The second kappa shape index (κ2) is 7.89. The Balaban J connectivity index is 1.44. The fraction of sp³-hybridized carbons (Fsp3) is 0.417. The molecule has 3 aromatic heterocycles. The number of carbonyl (C=O) groups is 1. The van der Waals surface area contributed by atoms with Gasteiger partial charge in [0.15, 0.2) is 0 Å². The first-order valence-corrected chi connectivity index (χ1v) is 11.0. The van der Waals surface area contributed by atoms with Crippen molar-refractivity contribution < 1.29 is 9.53 Å². The van der Waals surface area contributed by atoms with Crippen LogP contribution in [0.2, 0.25) is 0 Å². The van der Waals surface area contributed by atoms with E-state index in [9.17, 15) is 4.79 Å². The van der Waals surface area contributed by atoms with Crippen LogP contribution in [0.1, 0.15) is 78.0 Å². The van der Waals surface area contributed by atoms with Crippen LogP contribution in [0.4, 0.5) is 5.82 Å². The first kappa shape index (κ1) is 19.9. The number of nitrogen functional groups attached to an aromatic ring is 1. The molecule has 7 heteroatoms. The van der Waals surface area contributed by atoms with Gasteiger partial charge in [-0.05, 0) is 49.4 Å². The number of carbonyl (C=O) groups excluding carboxylic acids is 1. The molecule has 1 aliphatic carbocycles. The smallest absolute Gasteiger partial charge is 0.272 e. The van der Waals surface area contributed by atoms with E-state index in [2.05, 4.69) is 34.0 Å². The summed E-state index contributed by atoms with van der Waals surface area (Å²) < 4.78 is 5.77. The quantitative estimate of drug-likeness (QED) is 0.648. The van der Waals surface area contributed by atoms with Gasteiger partial charge in [0.25, 0.3) is 5.91 Å². The Morgan fingerprint density at radius 3 is 2.81 bits per heavy atom. The van der Waals surface area contributed by atoms with Crippen LogP contribution in [0, 0.1) is 0 Å². The molecule has 1 atom stereocenters. The Labute approximate surface area is 181 Å². The first-order valence-electron chi connectivity index (χ1n) is 11.0. The van der Waals surface area contributed by atoms with E-state index in [0.29, 0.717) is 42.6 Å². The second-order valence-electron chi connectivity index (χ2n) is 8.52. The third-order valence-electron chi connectivity index (χ3n) is 6.15. The van der Waals surface area contributed by atoms with Crippen molar-refractivity contribution in [1.82, 2.24) is 19.9 Å². The average molecular weight is 418 g/mol. The van der Waals surface area contributed by atoms with E-state index in [1.807, 2.05) is 24.1 Å². The number of amides is 1. The molecule has 7 nitrogen and oxygen atoms in total. The van der Waals surface area contributed by atoms with Crippen molar-refractivity contribution in [1.29, 1.82) is 0 Å². The largest absolute Gasteiger partial charge is 0.383 e. The Morgan fingerprint density at radius 1 is 1.26 bits per heavy atom. The lowest BCUT2D eigenvalue weighted by Crippen LogP contribution is -2.32. The number of hydrogen-bond acceptors (Lipinski definition) is 6. The number of fused-ring (bicyclic) bond motifs is 3. The SMILES string of the molecule is CCCN(Cc1ccc(C2CC2)nc1)C(=O)c1cc2c3c(c(N)nc2cn1)[C@H](C)OC3. The lowest BCUT2D eigenvalue weighted by Gasteiger charge is -2.22. The van der Waals surface area contributed by atoms with Gasteiger partial charge in [-0.25, -0.2) is 9.97 Å². The molecule has 0 radical (unpaired) electrons. The van der Waals surface area contributed by atoms with E-state index in [1.165, 1.54) is 12.8 Å². The van der Waals surface area contributed by atoms with Gasteiger partial charge in [-0.3, -0.25) is 9.78 Å². The van der Waals surface area contributed by atoms with Crippen LogP contribution in [0.3, 0.4) is 0 Å². The molecule has 3 aromatic rings. The van der Waals surface area contributed by atoms with Crippen LogP contribution < -0.4 is 5.73 Å². The van der Waals surface area contributed by atoms with Gasteiger partial charge in [0, 0.05) is 41.8 Å². The van der Waals surface area contributed by atoms with Crippen LogP contribution in [-0.2, 0) is 17.9 Å². The molecule has 0 saturated heterocycles. The summed E-state index contributed by atoms with van der Waals surface area (Å²) in [6.07, 6.45) is 6.77. The van der Waals surface area contributed by atoms with Crippen LogP contribution in [0.15, 0.2) is 30.6 Å². The fourth-order valence-electron chi connectivity index (χ4n) is 4.34. The predicted octanol–water partition coefficient (Wildman–Crippen LogP) is 4.13. The number of nitrogens with two attached hydrogens (primary N) is 1. The molecule has 5 rings (SSSR count). The Kier molecular flexibility index (Phi) is 5.06. The molecule has 1 amide bonds. The molecular weight excluding hydrogens is 390 g/mol. The summed E-state index contributed by atoms with van der Waals surface area (Å²) >= 11 is 0. The minimum Gasteiger partial charge on any atom is -0.383 e. The van der Waals surface area contributed by atoms with E-state index in [-0.39, 0.29) is 12.0 Å². The Bertz CT molecular complexity index is 1140. The number of pyridine rings is 3. The Morgan fingerprint density at radius 2 is 2.10 bits per heavy atom. The Hall–Kier alpha value is -3.06. The summed E-state index contributed by atoms with van der Waals surface area (Å²) in [6, 6.07) is 6.01. The molecule has 4 heterocycles. The number of nitrogens with zero attached hydrogens (tertiary/aromatic N) is 4. The van der Waals surface area contributed by atoms with Crippen LogP contribution in [0.5, 0.6) is 0 Å². The summed E-state index contributed by atoms with van der Waals surface area (Å²) in [4.78, 5) is 28.7. The number of ether oxygens (including phenoxy) is 1. The third kappa shape index (κ3) is 3.74. The van der Waals surface area contributed by atoms with Crippen molar-refractivity contribution in [2.75, 3.05) is 12.3 Å². The van der Waals surface area contributed by atoms with Gasteiger partial charge in [0.05, 0.1) is 24.4 Å². The zero-order valence-electron chi connectivity index (χ0n) is 18.0. The third-order valence-corrected chi connectivity index (χ3v) is 6.15. The summed E-state index contributed by atoms with van der Waals surface area (Å²) in [5.41, 5.74) is 11.4. The van der Waals surface area contributed by atoms with Crippen LogP contribution in [-0.4, -0.2) is 32.3 Å². The maximum absolute atomic E-state index is 13.4. The standard InChI is InChI=1S/C24H27N5O2/c1-3-8-29(12-15-4-7-19(26-10-15)16-5-6-16)24(30)20-9-17-18-13-31-14(2)22(18)23(25)28-21(17)11-27-20/h4,7,9-11,14,16H,3,5-6,8,12-13H2,1-2H3,(H2,25,28)/t14-/m0/s1. The zero-order valence-corrected chi connectivity index (χ0v) is 18.0. The molecular formula is C24H27N5O2. The van der Waals surface area contributed by atoms with Gasteiger partial charge in [0.2, 0.25) is 0 Å². The summed E-state index contributed by atoms with van der Waals surface area (Å²) in [5.74, 6) is 1.01. The predicted molar refractivity (Wildman–Crippen MR) is 118 cm³/mol. The van der Waals surface area contributed by atoms with E-state index in [0.717, 1.165) is 34.2 Å². The van der Waals surface area contributed by atoms with Crippen molar-refractivity contribution in [2.24, 2.45) is 0 Å². The van der Waals surface area contributed by atoms with Gasteiger partial charge in [0.1, 0.15) is 11.5 Å². The minimum atomic E-state index is -0.0954. The monoisotopic (exact) mass is 417 g/mol. The highest BCUT2D eigenvalue weighted by molar-refractivity contribution is 5.97. The van der Waals surface area contributed by atoms with E-state index < -0.39 is 0 Å². The molecule has 0 spiro atoms.